The predicted molar refractivity (Wildman–Crippen MR) is 66.7 cm³/mol. The van der Waals surface area contributed by atoms with Crippen molar-refractivity contribution >= 4 is 11.7 Å². The Morgan fingerprint density at radius 2 is 2.28 bits per heavy atom. The first kappa shape index (κ1) is 12.1. The number of anilines is 1. The van der Waals surface area contributed by atoms with Crippen LogP contribution in [0.5, 0.6) is 0 Å². The van der Waals surface area contributed by atoms with Gasteiger partial charge in [0.1, 0.15) is 5.82 Å². The largest absolute Gasteiger partial charge is 0.461 e. The summed E-state index contributed by atoms with van der Waals surface area (Å²) < 4.78 is 5.16. The number of rotatable bonds is 3. The van der Waals surface area contributed by atoms with Crippen molar-refractivity contribution in [2.75, 3.05) is 5.73 Å². The van der Waals surface area contributed by atoms with E-state index in [1.165, 1.54) is 12.5 Å². The van der Waals surface area contributed by atoms with E-state index in [4.69, 9.17) is 10.2 Å². The fourth-order valence-corrected chi connectivity index (χ4v) is 1.43. The molecule has 2 rings (SSSR count). The van der Waals surface area contributed by atoms with Crippen LogP contribution in [0.25, 0.3) is 11.6 Å². The molecule has 0 aliphatic carbocycles. The van der Waals surface area contributed by atoms with E-state index >= 15 is 0 Å². The zero-order valence-corrected chi connectivity index (χ0v) is 10.2. The lowest BCUT2D eigenvalue weighted by molar-refractivity contribution is 0.0943. The summed E-state index contributed by atoms with van der Waals surface area (Å²) in [5.41, 5.74) is 6.01. The third-order valence-corrected chi connectivity index (χ3v) is 2.22. The number of nitrogens with zero attached hydrogens (tertiary/aromatic N) is 2. The number of furan rings is 1. The molecule has 6 heteroatoms. The number of amides is 1. The number of aromatic nitrogens is 2. The van der Waals surface area contributed by atoms with E-state index in [-0.39, 0.29) is 23.3 Å². The van der Waals surface area contributed by atoms with Crippen LogP contribution in [-0.2, 0) is 0 Å². The average Bonchev–Trinajstić information content (AvgIpc) is 2.80. The maximum absolute atomic E-state index is 11.8. The van der Waals surface area contributed by atoms with Gasteiger partial charge in [0.15, 0.2) is 11.6 Å². The highest BCUT2D eigenvalue weighted by atomic mass is 16.3. The summed E-state index contributed by atoms with van der Waals surface area (Å²) in [6.07, 6.45) is 2.92. The molecule has 2 heterocycles. The van der Waals surface area contributed by atoms with Crippen molar-refractivity contribution < 1.29 is 9.21 Å². The molecule has 94 valence electrons. The Morgan fingerprint density at radius 3 is 2.83 bits per heavy atom. The molecule has 0 aliphatic heterocycles. The minimum atomic E-state index is -0.284. The van der Waals surface area contributed by atoms with Crippen LogP contribution in [0.15, 0.2) is 29.0 Å². The Kier molecular flexibility index (Phi) is 3.27. The average molecular weight is 246 g/mol. The zero-order chi connectivity index (χ0) is 13.1. The Bertz CT molecular complexity index is 549. The number of carbonyl (C=O) groups is 1. The Labute approximate surface area is 104 Å². The third kappa shape index (κ3) is 2.48. The third-order valence-electron chi connectivity index (χ3n) is 2.22. The number of nitrogens with one attached hydrogen (secondary N) is 1. The van der Waals surface area contributed by atoms with E-state index in [9.17, 15) is 4.79 Å². The first-order valence-electron chi connectivity index (χ1n) is 5.55. The number of nitrogens with two attached hydrogens (primary N) is 1. The van der Waals surface area contributed by atoms with Gasteiger partial charge in [-0.2, -0.15) is 0 Å². The molecule has 0 fully saturated rings. The number of carbonyl (C=O) groups excluding carboxylic acids is 1. The standard InChI is InChI=1S/C12H14N4O2/c1-7(2)15-12(17)8-6-14-11(16-10(8)13)9-4-3-5-18-9/h3-7H,1-2H3,(H,15,17)(H2,13,14,16). The minimum Gasteiger partial charge on any atom is -0.461 e. The van der Waals surface area contributed by atoms with Gasteiger partial charge in [0.2, 0.25) is 0 Å². The molecule has 0 radical (unpaired) electrons. The lowest BCUT2D eigenvalue weighted by atomic mass is 10.2. The number of hydrogen-bond donors (Lipinski definition) is 2. The fraction of sp³-hybridized carbons (Fsp3) is 0.250. The van der Waals surface area contributed by atoms with Gasteiger partial charge in [0, 0.05) is 12.2 Å². The Hall–Kier alpha value is -2.37. The van der Waals surface area contributed by atoms with Crippen LogP contribution in [0, 0.1) is 0 Å². The van der Waals surface area contributed by atoms with Crippen molar-refractivity contribution in [1.82, 2.24) is 15.3 Å². The molecule has 0 aromatic carbocycles. The molecule has 0 atom stereocenters. The highest BCUT2D eigenvalue weighted by Crippen LogP contribution is 2.17. The monoisotopic (exact) mass is 246 g/mol. The maximum atomic E-state index is 11.8. The van der Waals surface area contributed by atoms with Crippen molar-refractivity contribution in [3.63, 3.8) is 0 Å². The second-order valence-corrected chi connectivity index (χ2v) is 4.10. The highest BCUT2D eigenvalue weighted by molar-refractivity contribution is 5.98. The van der Waals surface area contributed by atoms with Crippen LogP contribution < -0.4 is 11.1 Å². The van der Waals surface area contributed by atoms with Crippen LogP contribution in [-0.4, -0.2) is 21.9 Å². The van der Waals surface area contributed by atoms with Gasteiger partial charge in [-0.3, -0.25) is 4.79 Å². The van der Waals surface area contributed by atoms with Crippen LogP contribution in [0.4, 0.5) is 5.82 Å². The molecule has 0 saturated carbocycles. The zero-order valence-electron chi connectivity index (χ0n) is 10.2. The van der Waals surface area contributed by atoms with Gasteiger partial charge in [-0.1, -0.05) is 0 Å². The molecule has 0 saturated heterocycles. The summed E-state index contributed by atoms with van der Waals surface area (Å²) in [7, 11) is 0. The van der Waals surface area contributed by atoms with Crippen molar-refractivity contribution in [3.8, 4) is 11.6 Å². The fourth-order valence-electron chi connectivity index (χ4n) is 1.43. The van der Waals surface area contributed by atoms with Crippen LogP contribution in [0.1, 0.15) is 24.2 Å². The van der Waals surface area contributed by atoms with E-state index in [1.807, 2.05) is 13.8 Å². The Morgan fingerprint density at radius 1 is 1.50 bits per heavy atom. The second kappa shape index (κ2) is 4.87. The van der Waals surface area contributed by atoms with Crippen LogP contribution in [0.2, 0.25) is 0 Å². The molecule has 0 unspecified atom stereocenters. The molecule has 0 spiro atoms. The SMILES string of the molecule is CC(C)NC(=O)c1cnc(-c2ccco2)nc1N. The van der Waals surface area contributed by atoms with E-state index < -0.39 is 0 Å². The summed E-state index contributed by atoms with van der Waals surface area (Å²) >= 11 is 0. The van der Waals surface area contributed by atoms with Crippen molar-refractivity contribution in [1.29, 1.82) is 0 Å². The predicted octanol–water partition coefficient (Wildman–Crippen LogP) is 1.46. The van der Waals surface area contributed by atoms with Crippen molar-refractivity contribution in [2.24, 2.45) is 0 Å². The summed E-state index contributed by atoms with van der Waals surface area (Å²) in [5.74, 6) is 0.721. The number of nitrogen functional groups attached to an aromatic ring is 1. The molecular weight excluding hydrogens is 232 g/mol. The summed E-state index contributed by atoms with van der Waals surface area (Å²) in [5, 5.41) is 2.73. The maximum Gasteiger partial charge on any atom is 0.256 e. The molecule has 0 bridgehead atoms. The second-order valence-electron chi connectivity index (χ2n) is 4.10. The van der Waals surface area contributed by atoms with Crippen molar-refractivity contribution in [3.05, 3.63) is 30.2 Å². The van der Waals surface area contributed by atoms with Gasteiger partial charge in [-0.25, -0.2) is 9.97 Å². The molecule has 2 aromatic heterocycles. The van der Waals surface area contributed by atoms with Gasteiger partial charge in [-0.15, -0.1) is 0 Å². The summed E-state index contributed by atoms with van der Waals surface area (Å²) in [6, 6.07) is 3.48. The van der Waals surface area contributed by atoms with Crippen LogP contribution >= 0.6 is 0 Å². The molecule has 3 N–H and O–H groups in total. The van der Waals surface area contributed by atoms with E-state index in [0.717, 1.165) is 0 Å². The van der Waals surface area contributed by atoms with Gasteiger partial charge in [0.05, 0.1) is 11.8 Å². The molecule has 6 nitrogen and oxygen atoms in total. The van der Waals surface area contributed by atoms with Gasteiger partial charge in [0.25, 0.3) is 5.91 Å². The first-order chi connectivity index (χ1) is 8.58. The molecular formula is C12H14N4O2. The van der Waals surface area contributed by atoms with Gasteiger partial charge in [-0.05, 0) is 26.0 Å². The van der Waals surface area contributed by atoms with Gasteiger partial charge < -0.3 is 15.5 Å². The first-order valence-corrected chi connectivity index (χ1v) is 5.55. The molecule has 1 amide bonds. The highest BCUT2D eigenvalue weighted by Gasteiger charge is 2.14. The lowest BCUT2D eigenvalue weighted by Crippen LogP contribution is -2.31. The minimum absolute atomic E-state index is 0.0293. The van der Waals surface area contributed by atoms with Gasteiger partial charge >= 0.3 is 0 Å². The topological polar surface area (TPSA) is 94.0 Å². The van der Waals surface area contributed by atoms with Crippen molar-refractivity contribution in [2.45, 2.75) is 19.9 Å². The summed E-state index contributed by atoms with van der Waals surface area (Å²) in [4.78, 5) is 19.9. The van der Waals surface area contributed by atoms with Crippen LogP contribution in [0.3, 0.4) is 0 Å². The Balaban J connectivity index is 2.28. The summed E-state index contributed by atoms with van der Waals surface area (Å²) in [6.45, 7) is 3.73. The number of hydrogen-bond acceptors (Lipinski definition) is 5. The quantitative estimate of drug-likeness (QED) is 0.854. The molecule has 18 heavy (non-hydrogen) atoms. The normalized spacial score (nSPS) is 10.6. The molecule has 0 aliphatic rings. The molecule has 2 aromatic rings. The smallest absolute Gasteiger partial charge is 0.256 e. The lowest BCUT2D eigenvalue weighted by Gasteiger charge is -2.09. The van der Waals surface area contributed by atoms with E-state index in [1.54, 1.807) is 12.1 Å². The van der Waals surface area contributed by atoms with E-state index in [0.29, 0.717) is 11.6 Å². The van der Waals surface area contributed by atoms with E-state index in [2.05, 4.69) is 15.3 Å².